The van der Waals surface area contributed by atoms with E-state index in [1.807, 2.05) is 13.0 Å². The number of nitrogens with zero attached hydrogens (tertiary/aromatic N) is 1. The molecule has 0 aliphatic carbocycles. The molecule has 0 aromatic heterocycles. The van der Waals surface area contributed by atoms with Crippen molar-refractivity contribution in [2.75, 3.05) is 13.6 Å². The van der Waals surface area contributed by atoms with Crippen LogP contribution in [0.2, 0.25) is 0 Å². The van der Waals surface area contributed by atoms with E-state index in [0.717, 1.165) is 31.0 Å². The van der Waals surface area contributed by atoms with Crippen LogP contribution in [0.15, 0.2) is 24.3 Å². The number of carbonyl (C=O) groups excluding carboxylic acids is 1. The second-order valence-corrected chi connectivity index (χ2v) is 4.83. The van der Waals surface area contributed by atoms with E-state index in [-0.39, 0.29) is 5.91 Å². The maximum Gasteiger partial charge on any atom is 0.328 e. The number of aliphatic carboxylic acids is 1. The van der Waals surface area contributed by atoms with Gasteiger partial charge in [-0.25, -0.2) is 4.79 Å². The monoisotopic (exact) mass is 275 g/mol. The second kappa shape index (κ2) is 7.48. The number of carboxylic acid groups (broad SMARTS) is 1. The second-order valence-electron chi connectivity index (χ2n) is 4.83. The fourth-order valence-corrected chi connectivity index (χ4v) is 1.84. The van der Waals surface area contributed by atoms with E-state index in [1.165, 1.54) is 6.08 Å². The fraction of sp³-hybridized carbons (Fsp3) is 0.375. The summed E-state index contributed by atoms with van der Waals surface area (Å²) in [5, 5.41) is 8.63. The molecule has 4 nitrogen and oxygen atoms in total. The van der Waals surface area contributed by atoms with Crippen LogP contribution < -0.4 is 0 Å². The molecule has 0 heterocycles. The molecule has 108 valence electrons. The summed E-state index contributed by atoms with van der Waals surface area (Å²) in [6, 6.07) is 5.37. The Balaban J connectivity index is 2.96. The molecule has 0 radical (unpaired) electrons. The van der Waals surface area contributed by atoms with Gasteiger partial charge in [0, 0.05) is 25.2 Å². The minimum Gasteiger partial charge on any atom is -0.478 e. The van der Waals surface area contributed by atoms with E-state index in [0.29, 0.717) is 11.1 Å². The maximum atomic E-state index is 12.3. The number of hydrogen-bond donors (Lipinski definition) is 1. The van der Waals surface area contributed by atoms with Gasteiger partial charge in [-0.15, -0.1) is 0 Å². The summed E-state index contributed by atoms with van der Waals surface area (Å²) in [6.45, 7) is 4.69. The molecule has 0 aliphatic heterocycles. The highest BCUT2D eigenvalue weighted by atomic mass is 16.4. The van der Waals surface area contributed by atoms with E-state index in [4.69, 9.17) is 5.11 Å². The zero-order valence-corrected chi connectivity index (χ0v) is 12.2. The molecule has 0 saturated heterocycles. The number of carboxylic acids is 1. The highest BCUT2D eigenvalue weighted by molar-refractivity contribution is 5.96. The van der Waals surface area contributed by atoms with Crippen molar-refractivity contribution in [3.8, 4) is 0 Å². The normalized spacial score (nSPS) is 10.8. The average molecular weight is 275 g/mol. The molecule has 20 heavy (non-hydrogen) atoms. The number of hydrogen-bond acceptors (Lipinski definition) is 2. The lowest BCUT2D eigenvalue weighted by atomic mass is 10.0. The molecule has 0 aliphatic rings. The predicted molar refractivity (Wildman–Crippen MR) is 79.7 cm³/mol. The number of rotatable bonds is 6. The zero-order valence-electron chi connectivity index (χ0n) is 12.2. The summed E-state index contributed by atoms with van der Waals surface area (Å²) in [4.78, 5) is 24.6. The standard InChI is InChI=1S/C16H21NO3/c1-4-5-10-17(3)16(20)14-11-13(7-6-12(14)2)8-9-15(18)19/h6-9,11H,4-5,10H2,1-3H3,(H,18,19). The van der Waals surface area contributed by atoms with Gasteiger partial charge in [0.25, 0.3) is 5.91 Å². The van der Waals surface area contributed by atoms with Crippen LogP contribution in [0.3, 0.4) is 0 Å². The SMILES string of the molecule is CCCCN(C)C(=O)c1cc(C=CC(=O)O)ccc1C. The van der Waals surface area contributed by atoms with Gasteiger partial charge in [-0.05, 0) is 36.6 Å². The smallest absolute Gasteiger partial charge is 0.328 e. The third-order valence-corrected chi connectivity index (χ3v) is 3.10. The highest BCUT2D eigenvalue weighted by Crippen LogP contribution is 2.15. The summed E-state index contributed by atoms with van der Waals surface area (Å²) in [6.07, 6.45) is 4.57. The number of unbranched alkanes of at least 4 members (excludes halogenated alkanes) is 1. The first kappa shape index (κ1) is 16.0. The summed E-state index contributed by atoms with van der Waals surface area (Å²) in [7, 11) is 1.79. The Labute approximate surface area is 119 Å². The first-order valence-corrected chi connectivity index (χ1v) is 6.72. The van der Waals surface area contributed by atoms with Crippen molar-refractivity contribution in [2.45, 2.75) is 26.7 Å². The first-order chi connectivity index (χ1) is 9.45. The van der Waals surface area contributed by atoms with Crippen LogP contribution in [-0.2, 0) is 4.79 Å². The van der Waals surface area contributed by atoms with E-state index in [1.54, 1.807) is 24.1 Å². The largest absolute Gasteiger partial charge is 0.478 e. The van der Waals surface area contributed by atoms with E-state index in [2.05, 4.69) is 6.92 Å². The van der Waals surface area contributed by atoms with Crippen LogP contribution in [0.5, 0.6) is 0 Å². The molecule has 1 aromatic carbocycles. The van der Waals surface area contributed by atoms with Crippen LogP contribution in [0, 0.1) is 6.92 Å². The van der Waals surface area contributed by atoms with Crippen molar-refractivity contribution in [3.05, 3.63) is 41.0 Å². The Hall–Kier alpha value is -2.10. The number of carbonyl (C=O) groups is 2. The minimum atomic E-state index is -1.00. The molecular formula is C16H21NO3. The molecule has 0 fully saturated rings. The van der Waals surface area contributed by atoms with E-state index >= 15 is 0 Å². The summed E-state index contributed by atoms with van der Waals surface area (Å²) < 4.78 is 0. The van der Waals surface area contributed by atoms with Crippen molar-refractivity contribution in [3.63, 3.8) is 0 Å². The summed E-state index contributed by atoms with van der Waals surface area (Å²) in [5.41, 5.74) is 2.23. The van der Waals surface area contributed by atoms with Gasteiger partial charge >= 0.3 is 5.97 Å². The van der Waals surface area contributed by atoms with E-state index < -0.39 is 5.97 Å². The number of aryl methyl sites for hydroxylation is 1. The lowest BCUT2D eigenvalue weighted by Crippen LogP contribution is -2.28. The van der Waals surface area contributed by atoms with Gasteiger partial charge in [0.1, 0.15) is 0 Å². The predicted octanol–water partition coefficient (Wildman–Crippen LogP) is 2.96. The van der Waals surface area contributed by atoms with Crippen molar-refractivity contribution < 1.29 is 14.7 Å². The third-order valence-electron chi connectivity index (χ3n) is 3.10. The van der Waals surface area contributed by atoms with Gasteiger partial charge in [0.15, 0.2) is 0 Å². The van der Waals surface area contributed by atoms with Crippen LogP contribution in [0.1, 0.15) is 41.3 Å². The molecule has 0 bridgehead atoms. The van der Waals surface area contributed by atoms with Crippen molar-refractivity contribution in [1.82, 2.24) is 4.90 Å². The molecule has 0 saturated carbocycles. The first-order valence-electron chi connectivity index (χ1n) is 6.72. The molecule has 4 heteroatoms. The summed E-state index contributed by atoms with van der Waals surface area (Å²) in [5.74, 6) is -1.03. The molecule has 1 N–H and O–H groups in total. The Morgan fingerprint density at radius 3 is 2.65 bits per heavy atom. The highest BCUT2D eigenvalue weighted by Gasteiger charge is 2.13. The quantitative estimate of drug-likeness (QED) is 0.812. The van der Waals surface area contributed by atoms with E-state index in [9.17, 15) is 9.59 Å². The molecule has 0 unspecified atom stereocenters. The number of amides is 1. The lowest BCUT2D eigenvalue weighted by Gasteiger charge is -2.18. The topological polar surface area (TPSA) is 57.6 Å². The van der Waals surface area contributed by atoms with Gasteiger partial charge in [-0.2, -0.15) is 0 Å². The molecule has 1 amide bonds. The Kier molecular flexibility index (Phi) is 5.97. The average Bonchev–Trinajstić information content (AvgIpc) is 2.43. The van der Waals surface area contributed by atoms with Crippen LogP contribution in [-0.4, -0.2) is 35.5 Å². The minimum absolute atomic E-state index is 0.0264. The Bertz CT molecular complexity index is 520. The van der Waals surface area contributed by atoms with Gasteiger partial charge in [-0.1, -0.05) is 25.5 Å². The number of benzene rings is 1. The van der Waals surface area contributed by atoms with Crippen LogP contribution >= 0.6 is 0 Å². The van der Waals surface area contributed by atoms with Crippen LogP contribution in [0.4, 0.5) is 0 Å². The van der Waals surface area contributed by atoms with Gasteiger partial charge in [-0.3, -0.25) is 4.79 Å². The Morgan fingerprint density at radius 2 is 2.05 bits per heavy atom. The van der Waals surface area contributed by atoms with Gasteiger partial charge in [0.2, 0.25) is 0 Å². The summed E-state index contributed by atoms with van der Waals surface area (Å²) >= 11 is 0. The molecule has 0 spiro atoms. The maximum absolute atomic E-state index is 12.3. The van der Waals surface area contributed by atoms with Crippen molar-refractivity contribution >= 4 is 18.0 Å². The van der Waals surface area contributed by atoms with Gasteiger partial charge < -0.3 is 10.0 Å². The lowest BCUT2D eigenvalue weighted by molar-refractivity contribution is -0.131. The van der Waals surface area contributed by atoms with Gasteiger partial charge in [0.05, 0.1) is 0 Å². The molecule has 0 atom stereocenters. The molecule has 1 rings (SSSR count). The Morgan fingerprint density at radius 1 is 1.35 bits per heavy atom. The third kappa shape index (κ3) is 4.53. The van der Waals surface area contributed by atoms with Crippen molar-refractivity contribution in [1.29, 1.82) is 0 Å². The fourth-order valence-electron chi connectivity index (χ4n) is 1.84. The molecule has 1 aromatic rings. The molecular weight excluding hydrogens is 254 g/mol. The zero-order chi connectivity index (χ0) is 15.1. The van der Waals surface area contributed by atoms with Crippen molar-refractivity contribution in [2.24, 2.45) is 0 Å². The van der Waals surface area contributed by atoms with Crippen LogP contribution in [0.25, 0.3) is 6.08 Å².